The van der Waals surface area contributed by atoms with E-state index in [4.69, 9.17) is 4.42 Å². The van der Waals surface area contributed by atoms with Gasteiger partial charge in [0.05, 0.1) is 0 Å². The minimum absolute atomic E-state index is 0.0833. The molecule has 2 rings (SSSR count). The van der Waals surface area contributed by atoms with Crippen molar-refractivity contribution < 1.29 is 22.7 Å². The highest BCUT2D eigenvalue weighted by Gasteiger charge is 2.22. The van der Waals surface area contributed by atoms with Crippen LogP contribution in [0.15, 0.2) is 45.9 Å². The summed E-state index contributed by atoms with van der Waals surface area (Å²) in [6.07, 6.45) is 0. The fraction of sp³-hybridized carbons (Fsp3) is 0.154. The van der Waals surface area contributed by atoms with Crippen LogP contribution in [-0.2, 0) is 10.0 Å². The van der Waals surface area contributed by atoms with Gasteiger partial charge in [0.2, 0.25) is 5.09 Å². The van der Waals surface area contributed by atoms with Crippen LogP contribution in [0.5, 0.6) is 5.75 Å². The van der Waals surface area contributed by atoms with Crippen molar-refractivity contribution in [2.45, 2.75) is 5.09 Å². The number of anilines is 1. The number of amides is 1. The molecule has 0 aliphatic heterocycles. The van der Waals surface area contributed by atoms with Crippen LogP contribution in [0.2, 0.25) is 0 Å². The molecule has 0 bridgehead atoms. The first kappa shape index (κ1) is 15.1. The summed E-state index contributed by atoms with van der Waals surface area (Å²) in [6, 6.07) is 8.51. The molecule has 1 amide bonds. The molecule has 0 aliphatic rings. The first-order chi connectivity index (χ1) is 9.85. The number of hydrogen-bond acceptors (Lipinski definition) is 5. The Labute approximate surface area is 121 Å². The molecule has 0 spiro atoms. The highest BCUT2D eigenvalue weighted by Crippen LogP contribution is 2.21. The van der Waals surface area contributed by atoms with Crippen molar-refractivity contribution in [3.63, 3.8) is 0 Å². The lowest BCUT2D eigenvalue weighted by Crippen LogP contribution is -2.25. The Hall–Kier alpha value is -2.32. The number of benzene rings is 1. The number of rotatable bonds is 4. The number of hydrogen-bond donors (Lipinski definition) is 2. The minimum Gasteiger partial charge on any atom is -0.508 e. The molecule has 1 heterocycles. The second-order valence-electron chi connectivity index (χ2n) is 4.21. The first-order valence-electron chi connectivity index (χ1n) is 5.95. The van der Waals surface area contributed by atoms with E-state index in [2.05, 4.69) is 4.72 Å². The predicted octanol–water partition coefficient (Wildman–Crippen LogP) is 1.17. The van der Waals surface area contributed by atoms with Crippen LogP contribution in [0, 0.1) is 0 Å². The average molecular weight is 310 g/mol. The number of phenolic OH excluding ortho intramolecular Hbond substituents is 1. The van der Waals surface area contributed by atoms with Gasteiger partial charge in [0.1, 0.15) is 5.75 Å². The SMILES string of the molecule is CNS(=O)(=O)c1ccc(C(=O)N(C)c2ccc(O)cc2)o1. The van der Waals surface area contributed by atoms with Crippen LogP contribution in [0.3, 0.4) is 0 Å². The second-order valence-corrected chi connectivity index (χ2v) is 6.02. The number of phenols is 1. The highest BCUT2D eigenvalue weighted by atomic mass is 32.2. The smallest absolute Gasteiger partial charge is 0.293 e. The molecule has 1 aromatic carbocycles. The number of nitrogens with one attached hydrogen (secondary N) is 1. The number of carbonyl (C=O) groups excluding carboxylic acids is 1. The molecule has 0 unspecified atom stereocenters. The standard InChI is InChI=1S/C13H14N2O5S/c1-14-21(18,19)12-8-7-11(20-12)13(17)15(2)9-3-5-10(16)6-4-9/h3-8,14,16H,1-2H3. The molecule has 1 aromatic heterocycles. The summed E-state index contributed by atoms with van der Waals surface area (Å²) in [5.41, 5.74) is 0.534. The van der Waals surface area contributed by atoms with E-state index >= 15 is 0 Å². The number of furan rings is 1. The van der Waals surface area contributed by atoms with Crippen LogP contribution in [0.1, 0.15) is 10.6 Å². The van der Waals surface area contributed by atoms with E-state index in [0.29, 0.717) is 5.69 Å². The van der Waals surface area contributed by atoms with Crippen LogP contribution in [-0.4, -0.2) is 33.5 Å². The van der Waals surface area contributed by atoms with E-state index < -0.39 is 15.9 Å². The molecule has 2 aromatic rings. The number of carbonyl (C=O) groups is 1. The summed E-state index contributed by atoms with van der Waals surface area (Å²) in [6.45, 7) is 0. The molecule has 0 aliphatic carbocycles. The second kappa shape index (κ2) is 5.58. The molecule has 0 fully saturated rings. The zero-order valence-corrected chi connectivity index (χ0v) is 12.2. The average Bonchev–Trinajstić information content (AvgIpc) is 2.97. The maximum atomic E-state index is 12.2. The van der Waals surface area contributed by atoms with Crippen molar-refractivity contribution in [2.75, 3.05) is 19.0 Å². The first-order valence-corrected chi connectivity index (χ1v) is 7.44. The van der Waals surface area contributed by atoms with Crippen LogP contribution in [0.4, 0.5) is 5.69 Å². The third-order valence-electron chi connectivity index (χ3n) is 2.87. The summed E-state index contributed by atoms with van der Waals surface area (Å²) in [4.78, 5) is 13.5. The van der Waals surface area contributed by atoms with Crippen molar-refractivity contribution in [2.24, 2.45) is 0 Å². The molecule has 112 valence electrons. The molecular formula is C13H14N2O5S. The van der Waals surface area contributed by atoms with Crippen LogP contribution in [0.25, 0.3) is 0 Å². The van der Waals surface area contributed by atoms with Gasteiger partial charge in [-0.15, -0.1) is 0 Å². The third-order valence-corrected chi connectivity index (χ3v) is 4.15. The van der Waals surface area contributed by atoms with Crippen molar-refractivity contribution in [1.29, 1.82) is 0 Å². The van der Waals surface area contributed by atoms with Crippen LogP contribution < -0.4 is 9.62 Å². The van der Waals surface area contributed by atoms with Crippen molar-refractivity contribution >= 4 is 21.6 Å². The van der Waals surface area contributed by atoms with Gasteiger partial charge in [-0.2, -0.15) is 0 Å². The quantitative estimate of drug-likeness (QED) is 0.883. The van der Waals surface area contributed by atoms with Crippen LogP contribution >= 0.6 is 0 Å². The molecular weight excluding hydrogens is 296 g/mol. The summed E-state index contributed by atoms with van der Waals surface area (Å²) < 4.78 is 30.3. The third kappa shape index (κ3) is 3.06. The van der Waals surface area contributed by atoms with E-state index in [0.717, 1.165) is 0 Å². The van der Waals surface area contributed by atoms with E-state index in [1.54, 1.807) is 12.1 Å². The molecule has 0 saturated heterocycles. The summed E-state index contributed by atoms with van der Waals surface area (Å²) in [5.74, 6) is -0.516. The predicted molar refractivity (Wildman–Crippen MR) is 75.8 cm³/mol. The fourth-order valence-electron chi connectivity index (χ4n) is 1.64. The zero-order chi connectivity index (χ0) is 15.6. The molecule has 2 N–H and O–H groups in total. The van der Waals surface area contributed by atoms with E-state index in [-0.39, 0.29) is 16.6 Å². The molecule has 0 saturated carbocycles. The van der Waals surface area contributed by atoms with Gasteiger partial charge in [0, 0.05) is 12.7 Å². The Morgan fingerprint density at radius 2 is 1.81 bits per heavy atom. The van der Waals surface area contributed by atoms with Gasteiger partial charge in [0.15, 0.2) is 5.76 Å². The van der Waals surface area contributed by atoms with Gasteiger partial charge < -0.3 is 14.4 Å². The molecule has 0 radical (unpaired) electrons. The normalized spacial score (nSPS) is 11.3. The monoisotopic (exact) mass is 310 g/mol. The fourth-order valence-corrected chi connectivity index (χ4v) is 2.29. The van der Waals surface area contributed by atoms with Gasteiger partial charge in [-0.3, -0.25) is 4.79 Å². The molecule has 21 heavy (non-hydrogen) atoms. The van der Waals surface area contributed by atoms with Crippen molar-refractivity contribution in [1.82, 2.24) is 4.72 Å². The largest absolute Gasteiger partial charge is 0.508 e. The Kier molecular flexibility index (Phi) is 4.01. The number of sulfonamides is 1. The number of nitrogens with zero attached hydrogens (tertiary/aromatic N) is 1. The van der Waals surface area contributed by atoms with Gasteiger partial charge in [-0.1, -0.05) is 0 Å². The molecule has 7 nitrogen and oxygen atoms in total. The number of aromatic hydroxyl groups is 1. The van der Waals surface area contributed by atoms with Crippen molar-refractivity contribution in [3.05, 3.63) is 42.2 Å². The lowest BCUT2D eigenvalue weighted by atomic mass is 10.2. The Balaban J connectivity index is 2.26. The Morgan fingerprint density at radius 3 is 2.38 bits per heavy atom. The van der Waals surface area contributed by atoms with Gasteiger partial charge in [0.25, 0.3) is 15.9 Å². The maximum Gasteiger partial charge on any atom is 0.293 e. The van der Waals surface area contributed by atoms with Crippen molar-refractivity contribution in [3.8, 4) is 5.75 Å². The Morgan fingerprint density at radius 1 is 1.19 bits per heavy atom. The highest BCUT2D eigenvalue weighted by molar-refractivity contribution is 7.89. The van der Waals surface area contributed by atoms with Gasteiger partial charge in [-0.05, 0) is 43.4 Å². The Bertz CT molecular complexity index is 749. The minimum atomic E-state index is -3.73. The van der Waals surface area contributed by atoms with E-state index in [1.807, 2.05) is 0 Å². The topological polar surface area (TPSA) is 99.9 Å². The summed E-state index contributed by atoms with van der Waals surface area (Å²) >= 11 is 0. The zero-order valence-electron chi connectivity index (χ0n) is 11.4. The van der Waals surface area contributed by atoms with E-state index in [9.17, 15) is 18.3 Å². The molecule has 0 atom stereocenters. The van der Waals surface area contributed by atoms with Gasteiger partial charge in [-0.25, -0.2) is 13.1 Å². The molecule has 8 heteroatoms. The summed E-state index contributed by atoms with van der Waals surface area (Å²) in [7, 11) is -0.958. The maximum absolute atomic E-state index is 12.2. The van der Waals surface area contributed by atoms with E-state index in [1.165, 1.54) is 43.3 Å². The van der Waals surface area contributed by atoms with Gasteiger partial charge >= 0.3 is 0 Å². The summed E-state index contributed by atoms with van der Waals surface area (Å²) in [5, 5.41) is 8.89. The lowest BCUT2D eigenvalue weighted by Gasteiger charge is -2.15. The lowest BCUT2D eigenvalue weighted by molar-refractivity contribution is 0.0961.